The molecule has 3 N–H and O–H groups in total. The van der Waals surface area contributed by atoms with E-state index in [-0.39, 0.29) is 17.2 Å². The summed E-state index contributed by atoms with van der Waals surface area (Å²) in [6.45, 7) is 14.2. The van der Waals surface area contributed by atoms with Crippen molar-refractivity contribution in [2.24, 2.45) is 0 Å². The van der Waals surface area contributed by atoms with Crippen LogP contribution in [0.25, 0.3) is 10.9 Å². The first kappa shape index (κ1) is 18.0. The van der Waals surface area contributed by atoms with Gasteiger partial charge in [0.25, 0.3) is 0 Å². The lowest BCUT2D eigenvalue weighted by Gasteiger charge is -2.53. The number of aromatic nitrogens is 1. The number of hydrogen-bond acceptors (Lipinski definition) is 2. The zero-order chi connectivity index (χ0) is 20.1. The van der Waals surface area contributed by atoms with E-state index >= 15 is 0 Å². The third kappa shape index (κ3) is 2.14. The highest BCUT2D eigenvalue weighted by Gasteiger charge is 2.69. The van der Waals surface area contributed by atoms with Gasteiger partial charge in [0.05, 0.1) is 11.1 Å². The summed E-state index contributed by atoms with van der Waals surface area (Å²) >= 11 is 0. The number of piperidine rings is 1. The summed E-state index contributed by atoms with van der Waals surface area (Å²) in [4.78, 5) is 18.8. The second-order valence-electron chi connectivity index (χ2n) is 10.8. The number of nitrogens with two attached hydrogens (primary N) is 1. The molecule has 1 aromatic heterocycles. The van der Waals surface area contributed by atoms with Crippen LogP contribution >= 0.6 is 0 Å². The minimum atomic E-state index is -0.535. The topological polar surface area (TPSA) is 61.9 Å². The van der Waals surface area contributed by atoms with Gasteiger partial charge in [0.2, 0.25) is 0 Å². The maximum atomic E-state index is 13.2. The van der Waals surface area contributed by atoms with Gasteiger partial charge in [-0.2, -0.15) is 0 Å². The molecule has 150 valence electrons. The molecule has 5 nitrogen and oxygen atoms in total. The van der Waals surface area contributed by atoms with Gasteiger partial charge in [-0.3, -0.25) is 4.90 Å². The summed E-state index contributed by atoms with van der Waals surface area (Å²) in [5.74, 6) is 0. The molecule has 5 heteroatoms. The standard InChI is InChI=1S/C23H31N3O2/c1-14-15-10-11-26-19(27)28-23(12-20(2,3)25-21(4,5)13-23)22(26,6)16-8-7-9-17(24-14)18(15)16/h7-9,24-25H,10-13H2,1-6H3/p+1/t22-/m0/s1. The molecule has 0 aliphatic carbocycles. The molecule has 1 atom stereocenters. The molecular weight excluding hydrogens is 350 g/mol. The Bertz CT molecular complexity index is 987. The van der Waals surface area contributed by atoms with Gasteiger partial charge >= 0.3 is 6.09 Å². The molecule has 0 radical (unpaired) electrons. The third-order valence-electron chi connectivity index (χ3n) is 7.44. The number of aromatic amines is 1. The summed E-state index contributed by atoms with van der Waals surface area (Å²) in [5.41, 5.74) is 3.96. The molecule has 1 spiro atoms. The van der Waals surface area contributed by atoms with Crippen molar-refractivity contribution in [3.8, 4) is 0 Å². The van der Waals surface area contributed by atoms with E-state index in [1.165, 1.54) is 27.7 Å². The highest BCUT2D eigenvalue weighted by molar-refractivity contribution is 5.91. The Morgan fingerprint density at radius 1 is 1.11 bits per heavy atom. The number of carbonyl (C=O) groups is 1. The summed E-state index contributed by atoms with van der Waals surface area (Å²) < 4.78 is 6.38. The van der Waals surface area contributed by atoms with Crippen molar-refractivity contribution >= 4 is 17.0 Å². The van der Waals surface area contributed by atoms with Gasteiger partial charge in [-0.05, 0) is 65.2 Å². The van der Waals surface area contributed by atoms with Crippen LogP contribution in [-0.2, 0) is 16.7 Å². The zero-order valence-corrected chi connectivity index (χ0v) is 17.9. The second kappa shape index (κ2) is 5.12. The second-order valence-corrected chi connectivity index (χ2v) is 10.8. The van der Waals surface area contributed by atoms with Crippen LogP contribution in [-0.4, -0.2) is 39.2 Å². The molecular formula is C23H32N3O2+. The smallest absolute Gasteiger partial charge is 0.411 e. The Kier molecular flexibility index (Phi) is 3.30. The fourth-order valence-corrected chi connectivity index (χ4v) is 6.95. The number of ether oxygens (including phenoxy) is 1. The van der Waals surface area contributed by atoms with Crippen molar-refractivity contribution in [1.82, 2.24) is 9.88 Å². The largest absolute Gasteiger partial charge is 0.439 e. The number of carbonyl (C=O) groups excluding carboxylic acids is 1. The Balaban J connectivity index is 1.82. The van der Waals surface area contributed by atoms with E-state index in [1.54, 1.807) is 0 Å². The first-order valence-electron chi connectivity index (χ1n) is 10.5. The number of aryl methyl sites for hydroxylation is 1. The number of H-pyrrole nitrogens is 1. The van der Waals surface area contributed by atoms with Crippen molar-refractivity contribution in [3.05, 3.63) is 35.0 Å². The molecule has 1 aromatic carbocycles. The van der Waals surface area contributed by atoms with E-state index in [2.05, 4.69) is 70.0 Å². The van der Waals surface area contributed by atoms with Crippen molar-refractivity contribution in [3.63, 3.8) is 0 Å². The Morgan fingerprint density at radius 2 is 1.79 bits per heavy atom. The molecule has 2 fully saturated rings. The molecule has 0 saturated carbocycles. The van der Waals surface area contributed by atoms with Crippen LogP contribution in [0.2, 0.25) is 0 Å². The van der Waals surface area contributed by atoms with Crippen molar-refractivity contribution in [2.75, 3.05) is 6.54 Å². The van der Waals surface area contributed by atoms with Gasteiger partial charge in [-0.25, -0.2) is 4.79 Å². The Hall–Kier alpha value is -2.01. The lowest BCUT2D eigenvalue weighted by molar-refractivity contribution is -0.792. The van der Waals surface area contributed by atoms with Gasteiger partial charge < -0.3 is 15.0 Å². The number of benzene rings is 1. The molecule has 1 amide bonds. The van der Waals surface area contributed by atoms with E-state index in [0.717, 1.165) is 19.3 Å². The number of hydrogen-bond donors (Lipinski definition) is 2. The molecule has 3 aliphatic heterocycles. The number of quaternary nitrogens is 1. The fourth-order valence-electron chi connectivity index (χ4n) is 6.95. The molecule has 0 unspecified atom stereocenters. The van der Waals surface area contributed by atoms with E-state index < -0.39 is 11.1 Å². The molecule has 5 rings (SSSR count). The van der Waals surface area contributed by atoms with Crippen LogP contribution in [0.15, 0.2) is 18.2 Å². The van der Waals surface area contributed by atoms with Gasteiger partial charge in [0.15, 0.2) is 5.60 Å². The quantitative estimate of drug-likeness (QED) is 0.734. The SMILES string of the molecule is Cc1[nH]c2cccc3c2c1CCN1C(=O)OC2(CC(C)(C)[NH2+]C(C)(C)C2)[C@]31C. The van der Waals surface area contributed by atoms with Crippen LogP contribution < -0.4 is 5.32 Å². The lowest BCUT2D eigenvalue weighted by atomic mass is 9.62. The van der Waals surface area contributed by atoms with Crippen molar-refractivity contribution in [2.45, 2.75) is 83.0 Å². The number of nitrogens with zero attached hydrogens (tertiary/aromatic N) is 1. The molecule has 28 heavy (non-hydrogen) atoms. The van der Waals surface area contributed by atoms with Gasteiger partial charge in [-0.1, -0.05) is 12.1 Å². The summed E-state index contributed by atoms with van der Waals surface area (Å²) in [5, 5.41) is 3.75. The predicted octanol–water partition coefficient (Wildman–Crippen LogP) is 3.35. The van der Waals surface area contributed by atoms with Crippen molar-refractivity contribution < 1.29 is 14.8 Å². The third-order valence-corrected chi connectivity index (χ3v) is 7.44. The number of amides is 1. The molecule has 2 aromatic rings. The highest BCUT2D eigenvalue weighted by Crippen LogP contribution is 2.56. The highest BCUT2D eigenvalue weighted by atomic mass is 16.6. The number of nitrogens with one attached hydrogen (secondary N) is 1. The van der Waals surface area contributed by atoms with Crippen LogP contribution in [0.4, 0.5) is 4.79 Å². The number of fused-ring (bicyclic) bond motifs is 3. The van der Waals surface area contributed by atoms with Gasteiger partial charge in [0.1, 0.15) is 5.54 Å². The van der Waals surface area contributed by atoms with E-state index in [1.807, 2.05) is 4.90 Å². The molecule has 0 bridgehead atoms. The molecule has 3 aliphatic rings. The average molecular weight is 383 g/mol. The van der Waals surface area contributed by atoms with Crippen LogP contribution in [0.1, 0.15) is 64.3 Å². The first-order valence-corrected chi connectivity index (χ1v) is 10.5. The summed E-state index contributed by atoms with van der Waals surface area (Å²) in [6, 6.07) is 6.49. The van der Waals surface area contributed by atoms with Gasteiger partial charge in [0, 0.05) is 36.0 Å². The van der Waals surface area contributed by atoms with Crippen LogP contribution in [0.3, 0.4) is 0 Å². The van der Waals surface area contributed by atoms with E-state index in [9.17, 15) is 4.79 Å². The van der Waals surface area contributed by atoms with Crippen molar-refractivity contribution in [1.29, 1.82) is 0 Å². The van der Waals surface area contributed by atoms with Crippen LogP contribution in [0.5, 0.6) is 0 Å². The summed E-state index contributed by atoms with van der Waals surface area (Å²) in [6.07, 6.45) is 2.40. The normalized spacial score (nSPS) is 29.6. The van der Waals surface area contributed by atoms with E-state index in [4.69, 9.17) is 4.74 Å². The molecule has 2 saturated heterocycles. The Labute approximate surface area is 166 Å². The van der Waals surface area contributed by atoms with E-state index in [0.29, 0.717) is 6.54 Å². The maximum absolute atomic E-state index is 13.2. The molecule has 4 heterocycles. The maximum Gasteiger partial charge on any atom is 0.411 e. The average Bonchev–Trinajstić information content (AvgIpc) is 2.88. The number of rotatable bonds is 0. The minimum Gasteiger partial charge on any atom is -0.439 e. The Morgan fingerprint density at radius 3 is 2.46 bits per heavy atom. The van der Waals surface area contributed by atoms with Crippen LogP contribution in [0, 0.1) is 6.92 Å². The first-order chi connectivity index (χ1) is 13.0. The minimum absolute atomic E-state index is 0.00184. The lowest BCUT2D eigenvalue weighted by Crippen LogP contribution is -3.07. The zero-order valence-electron chi connectivity index (χ0n) is 17.9. The fraction of sp³-hybridized carbons (Fsp3) is 0.609. The summed E-state index contributed by atoms with van der Waals surface area (Å²) in [7, 11) is 0. The monoisotopic (exact) mass is 382 g/mol. The van der Waals surface area contributed by atoms with Gasteiger partial charge in [-0.15, -0.1) is 0 Å². The predicted molar refractivity (Wildman–Crippen MR) is 109 cm³/mol.